The molecular weight excluding hydrogens is 172 g/mol. The molecule has 0 atom stereocenters. The maximum atomic E-state index is 3.45. The van der Waals surface area contributed by atoms with E-state index in [4.69, 9.17) is 0 Å². The van der Waals surface area contributed by atoms with E-state index in [0.29, 0.717) is 0 Å². The van der Waals surface area contributed by atoms with E-state index in [9.17, 15) is 0 Å². The predicted molar refractivity (Wildman–Crippen MR) is 62.6 cm³/mol. The Kier molecular flexibility index (Phi) is 6.20. The zero-order valence-electron chi connectivity index (χ0n) is 9.89. The van der Waals surface area contributed by atoms with E-state index in [2.05, 4.69) is 24.2 Å². The predicted octanol–water partition coefficient (Wildman–Crippen LogP) is 2.11. The first kappa shape index (κ1) is 12.0. The van der Waals surface area contributed by atoms with Gasteiger partial charge in [0.15, 0.2) is 0 Å². The van der Waals surface area contributed by atoms with E-state index in [1.54, 1.807) is 0 Å². The van der Waals surface area contributed by atoms with Gasteiger partial charge in [0.1, 0.15) is 0 Å². The number of hydrogen-bond donors (Lipinski definition) is 1. The van der Waals surface area contributed by atoms with Gasteiger partial charge in [0.2, 0.25) is 0 Å². The fraction of sp³-hybridized carbons (Fsp3) is 1.00. The van der Waals surface area contributed by atoms with Crippen LogP contribution < -0.4 is 5.32 Å². The Morgan fingerprint density at radius 2 is 1.93 bits per heavy atom. The summed E-state index contributed by atoms with van der Waals surface area (Å²) in [4.78, 5) is 2.48. The standard InChI is InChI=1S/C12H26N2/c1-3-8-13-9-10-14(2)11-12-6-4-5-7-12/h12-13H,3-11H2,1-2H3. The smallest absolute Gasteiger partial charge is 0.0104 e. The molecule has 0 radical (unpaired) electrons. The van der Waals surface area contributed by atoms with E-state index in [1.165, 1.54) is 45.2 Å². The summed E-state index contributed by atoms with van der Waals surface area (Å²) in [7, 11) is 2.26. The van der Waals surface area contributed by atoms with Gasteiger partial charge in [-0.05, 0) is 38.8 Å². The highest BCUT2D eigenvalue weighted by Crippen LogP contribution is 2.24. The van der Waals surface area contributed by atoms with Gasteiger partial charge < -0.3 is 10.2 Å². The second kappa shape index (κ2) is 7.24. The maximum absolute atomic E-state index is 3.45. The Bertz CT molecular complexity index is 130. The summed E-state index contributed by atoms with van der Waals surface area (Å²) in [6.45, 7) is 7.05. The van der Waals surface area contributed by atoms with Crippen LogP contribution >= 0.6 is 0 Å². The summed E-state index contributed by atoms with van der Waals surface area (Å²) >= 11 is 0. The van der Waals surface area contributed by atoms with Gasteiger partial charge in [0.25, 0.3) is 0 Å². The molecule has 0 unspecified atom stereocenters. The molecule has 1 rings (SSSR count). The fourth-order valence-corrected chi connectivity index (χ4v) is 2.30. The number of rotatable bonds is 7. The van der Waals surface area contributed by atoms with Crippen molar-refractivity contribution < 1.29 is 0 Å². The minimum Gasteiger partial charge on any atom is -0.315 e. The second-order valence-corrected chi connectivity index (χ2v) is 4.66. The molecular formula is C12H26N2. The Morgan fingerprint density at radius 1 is 1.21 bits per heavy atom. The lowest BCUT2D eigenvalue weighted by molar-refractivity contribution is 0.278. The zero-order chi connectivity index (χ0) is 10.2. The molecule has 0 aromatic rings. The first-order valence-corrected chi connectivity index (χ1v) is 6.22. The summed E-state index contributed by atoms with van der Waals surface area (Å²) in [5, 5.41) is 3.45. The zero-order valence-corrected chi connectivity index (χ0v) is 9.89. The van der Waals surface area contributed by atoms with E-state index < -0.39 is 0 Å². The van der Waals surface area contributed by atoms with Crippen molar-refractivity contribution in [2.75, 3.05) is 33.2 Å². The molecule has 14 heavy (non-hydrogen) atoms. The molecule has 0 aromatic heterocycles. The van der Waals surface area contributed by atoms with Gasteiger partial charge >= 0.3 is 0 Å². The maximum Gasteiger partial charge on any atom is 0.0104 e. The highest BCUT2D eigenvalue weighted by Gasteiger charge is 2.16. The molecule has 0 heterocycles. The number of nitrogens with zero attached hydrogens (tertiary/aromatic N) is 1. The van der Waals surface area contributed by atoms with Gasteiger partial charge in [0.05, 0.1) is 0 Å². The van der Waals surface area contributed by atoms with Crippen molar-refractivity contribution in [3.63, 3.8) is 0 Å². The minimum atomic E-state index is 0.992. The third kappa shape index (κ3) is 4.97. The Hall–Kier alpha value is -0.0800. The van der Waals surface area contributed by atoms with Crippen LogP contribution in [0.5, 0.6) is 0 Å². The highest BCUT2D eigenvalue weighted by atomic mass is 15.1. The van der Waals surface area contributed by atoms with Gasteiger partial charge in [-0.2, -0.15) is 0 Å². The molecule has 2 heteroatoms. The van der Waals surface area contributed by atoms with Crippen molar-refractivity contribution in [3.05, 3.63) is 0 Å². The molecule has 0 aromatic carbocycles. The molecule has 0 aliphatic heterocycles. The summed E-state index contributed by atoms with van der Waals surface area (Å²) in [5.41, 5.74) is 0. The van der Waals surface area contributed by atoms with Crippen molar-refractivity contribution in [1.82, 2.24) is 10.2 Å². The Labute approximate surface area is 89.1 Å². The first-order chi connectivity index (χ1) is 6.83. The van der Waals surface area contributed by atoms with E-state index in [0.717, 1.165) is 19.0 Å². The second-order valence-electron chi connectivity index (χ2n) is 4.66. The molecule has 1 fully saturated rings. The van der Waals surface area contributed by atoms with E-state index >= 15 is 0 Å². The topological polar surface area (TPSA) is 15.3 Å². The van der Waals surface area contributed by atoms with Crippen molar-refractivity contribution in [1.29, 1.82) is 0 Å². The van der Waals surface area contributed by atoms with Crippen LogP contribution in [-0.4, -0.2) is 38.1 Å². The van der Waals surface area contributed by atoms with Crippen LogP contribution in [0, 0.1) is 5.92 Å². The molecule has 1 aliphatic carbocycles. The van der Waals surface area contributed by atoms with Crippen LogP contribution in [-0.2, 0) is 0 Å². The van der Waals surface area contributed by atoms with Crippen LogP contribution in [0.4, 0.5) is 0 Å². The molecule has 0 bridgehead atoms. The summed E-state index contributed by atoms with van der Waals surface area (Å²) in [5.74, 6) is 0.992. The van der Waals surface area contributed by atoms with Gasteiger partial charge in [-0.15, -0.1) is 0 Å². The van der Waals surface area contributed by atoms with Crippen LogP contribution in [0.2, 0.25) is 0 Å². The quantitative estimate of drug-likeness (QED) is 0.630. The molecule has 1 N–H and O–H groups in total. The van der Waals surface area contributed by atoms with Gasteiger partial charge in [-0.1, -0.05) is 19.8 Å². The van der Waals surface area contributed by atoms with E-state index in [1.807, 2.05) is 0 Å². The first-order valence-electron chi connectivity index (χ1n) is 6.22. The number of hydrogen-bond acceptors (Lipinski definition) is 2. The van der Waals surface area contributed by atoms with Crippen LogP contribution in [0.15, 0.2) is 0 Å². The van der Waals surface area contributed by atoms with Crippen molar-refractivity contribution in [3.8, 4) is 0 Å². The van der Waals surface area contributed by atoms with Gasteiger partial charge in [0, 0.05) is 19.6 Å². The molecule has 84 valence electrons. The van der Waals surface area contributed by atoms with E-state index in [-0.39, 0.29) is 0 Å². The van der Waals surface area contributed by atoms with Crippen molar-refractivity contribution in [2.24, 2.45) is 5.92 Å². The summed E-state index contributed by atoms with van der Waals surface area (Å²) in [6, 6.07) is 0. The largest absolute Gasteiger partial charge is 0.315 e. The van der Waals surface area contributed by atoms with Crippen molar-refractivity contribution >= 4 is 0 Å². The molecule has 1 saturated carbocycles. The average molecular weight is 198 g/mol. The van der Waals surface area contributed by atoms with Crippen molar-refractivity contribution in [2.45, 2.75) is 39.0 Å². The summed E-state index contributed by atoms with van der Waals surface area (Å²) < 4.78 is 0. The highest BCUT2D eigenvalue weighted by molar-refractivity contribution is 4.70. The average Bonchev–Trinajstić information content (AvgIpc) is 2.65. The SMILES string of the molecule is CCCNCCN(C)CC1CCCC1. The molecule has 1 aliphatic rings. The van der Waals surface area contributed by atoms with Crippen LogP contribution in [0.3, 0.4) is 0 Å². The molecule has 0 saturated heterocycles. The summed E-state index contributed by atoms with van der Waals surface area (Å²) in [6.07, 6.45) is 7.10. The molecule has 0 spiro atoms. The third-order valence-corrected chi connectivity index (χ3v) is 3.14. The van der Waals surface area contributed by atoms with Crippen LogP contribution in [0.1, 0.15) is 39.0 Å². The lowest BCUT2D eigenvalue weighted by Gasteiger charge is -2.20. The third-order valence-electron chi connectivity index (χ3n) is 3.14. The monoisotopic (exact) mass is 198 g/mol. The number of nitrogens with one attached hydrogen (secondary N) is 1. The lowest BCUT2D eigenvalue weighted by atomic mass is 10.1. The fourth-order valence-electron chi connectivity index (χ4n) is 2.30. The van der Waals surface area contributed by atoms with Crippen LogP contribution in [0.25, 0.3) is 0 Å². The number of likely N-dealkylation sites (N-methyl/N-ethyl adjacent to an activating group) is 1. The Balaban J connectivity index is 1.95. The lowest BCUT2D eigenvalue weighted by Crippen LogP contribution is -2.32. The molecule has 2 nitrogen and oxygen atoms in total. The van der Waals surface area contributed by atoms with Gasteiger partial charge in [-0.3, -0.25) is 0 Å². The Morgan fingerprint density at radius 3 is 2.57 bits per heavy atom. The minimum absolute atomic E-state index is 0.992. The van der Waals surface area contributed by atoms with Gasteiger partial charge in [-0.25, -0.2) is 0 Å². The normalized spacial score (nSPS) is 18.2. The molecule has 0 amide bonds.